The van der Waals surface area contributed by atoms with Crippen molar-refractivity contribution in [2.24, 2.45) is 0 Å². The molecule has 0 aliphatic carbocycles. The molecule has 0 unspecified atom stereocenters. The molecular weight excluding hydrogens is 212 g/mol. The van der Waals surface area contributed by atoms with Crippen LogP contribution in [0.15, 0.2) is 23.6 Å². The van der Waals surface area contributed by atoms with Gasteiger partial charge in [0.25, 0.3) is 0 Å². The van der Waals surface area contributed by atoms with Crippen LogP contribution in [0.5, 0.6) is 5.75 Å². The summed E-state index contributed by atoms with van der Waals surface area (Å²) in [5, 5.41) is 1.67. The minimum Gasteiger partial charge on any atom is -0.493 e. The largest absolute Gasteiger partial charge is 0.493 e. The van der Waals surface area contributed by atoms with Crippen LogP contribution < -0.4 is 4.74 Å². The molecule has 0 bridgehead atoms. The van der Waals surface area contributed by atoms with Gasteiger partial charge in [-0.3, -0.25) is 0 Å². The van der Waals surface area contributed by atoms with Crippen molar-refractivity contribution in [2.45, 2.75) is 13.8 Å². The molecule has 3 heteroatoms. The van der Waals surface area contributed by atoms with Crippen LogP contribution in [0.3, 0.4) is 0 Å². The first-order valence-corrected chi connectivity index (χ1v) is 5.42. The Morgan fingerprint density at radius 2 is 2.21 bits per heavy atom. The van der Waals surface area contributed by atoms with Crippen LogP contribution in [0.25, 0.3) is 4.91 Å². The summed E-state index contributed by atoms with van der Waals surface area (Å²) in [6.07, 6.45) is 0. The van der Waals surface area contributed by atoms with Crippen molar-refractivity contribution in [1.82, 2.24) is 0 Å². The van der Waals surface area contributed by atoms with Crippen LogP contribution in [0.4, 0.5) is 0 Å². The monoisotopic (exact) mass is 226 g/mol. The molecule has 0 saturated carbocycles. The Hall–Kier alpha value is -0.540. The molecule has 0 fully saturated rings. The summed E-state index contributed by atoms with van der Waals surface area (Å²) in [6, 6.07) is 6.02. The lowest BCUT2D eigenvalue weighted by Crippen LogP contribution is -1.95. The highest BCUT2D eigenvalue weighted by atomic mass is 32.1. The van der Waals surface area contributed by atoms with Gasteiger partial charge in [-0.15, -0.1) is 12.6 Å². The molecule has 14 heavy (non-hydrogen) atoms. The Bertz CT molecular complexity index is 345. The van der Waals surface area contributed by atoms with Crippen LogP contribution in [0.1, 0.15) is 18.1 Å². The van der Waals surface area contributed by atoms with Crippen molar-refractivity contribution in [2.75, 3.05) is 6.61 Å². The van der Waals surface area contributed by atoms with Crippen LogP contribution >= 0.6 is 25.3 Å². The standard InChI is InChI=1S/C11H14OS2/c1-3-12-10-5-4-8(2)6-9(10)11(14)7-13/h4-7,13-14H,3H2,1-2H3/b11-7-. The number of hydrogen-bond acceptors (Lipinski definition) is 3. The van der Waals surface area contributed by atoms with Crippen molar-refractivity contribution in [3.8, 4) is 5.75 Å². The van der Waals surface area contributed by atoms with Crippen molar-refractivity contribution in [3.05, 3.63) is 34.7 Å². The summed E-state index contributed by atoms with van der Waals surface area (Å²) in [7, 11) is 0. The average Bonchev–Trinajstić information content (AvgIpc) is 2.20. The average molecular weight is 226 g/mol. The van der Waals surface area contributed by atoms with E-state index in [4.69, 9.17) is 4.74 Å². The van der Waals surface area contributed by atoms with Crippen molar-refractivity contribution >= 4 is 30.2 Å². The summed E-state index contributed by atoms with van der Waals surface area (Å²) in [6.45, 7) is 4.66. The molecule has 76 valence electrons. The van der Waals surface area contributed by atoms with E-state index in [1.54, 1.807) is 5.41 Å². The van der Waals surface area contributed by atoms with Crippen LogP contribution in [0, 0.1) is 6.92 Å². The second-order valence-electron chi connectivity index (χ2n) is 2.95. The molecule has 1 aromatic carbocycles. The van der Waals surface area contributed by atoms with E-state index in [1.165, 1.54) is 5.56 Å². The second-order valence-corrected chi connectivity index (χ2v) is 3.69. The number of thiol groups is 2. The molecule has 0 spiro atoms. The number of aryl methyl sites for hydroxylation is 1. The van der Waals surface area contributed by atoms with Crippen LogP contribution in [0.2, 0.25) is 0 Å². The van der Waals surface area contributed by atoms with Gasteiger partial charge >= 0.3 is 0 Å². The van der Waals surface area contributed by atoms with Crippen molar-refractivity contribution in [3.63, 3.8) is 0 Å². The van der Waals surface area contributed by atoms with Gasteiger partial charge in [0, 0.05) is 10.5 Å². The smallest absolute Gasteiger partial charge is 0.127 e. The van der Waals surface area contributed by atoms with Crippen molar-refractivity contribution in [1.29, 1.82) is 0 Å². The van der Waals surface area contributed by atoms with Crippen LogP contribution in [-0.4, -0.2) is 6.61 Å². The minimum atomic E-state index is 0.656. The predicted molar refractivity (Wildman–Crippen MR) is 68.3 cm³/mol. The zero-order chi connectivity index (χ0) is 10.6. The van der Waals surface area contributed by atoms with E-state index in [1.807, 2.05) is 32.0 Å². The number of ether oxygens (including phenoxy) is 1. The minimum absolute atomic E-state index is 0.656. The van der Waals surface area contributed by atoms with E-state index in [0.717, 1.165) is 16.2 Å². The summed E-state index contributed by atoms with van der Waals surface area (Å²) >= 11 is 8.42. The quantitative estimate of drug-likeness (QED) is 0.749. The third-order valence-corrected chi connectivity index (χ3v) is 2.67. The molecule has 0 aromatic heterocycles. The fraction of sp³-hybridized carbons (Fsp3) is 0.273. The maximum atomic E-state index is 5.49. The Morgan fingerprint density at radius 3 is 2.79 bits per heavy atom. The second kappa shape index (κ2) is 5.37. The molecular formula is C11H14OS2. The Kier molecular flexibility index (Phi) is 4.42. The maximum absolute atomic E-state index is 5.49. The van der Waals surface area contributed by atoms with Gasteiger partial charge in [0.2, 0.25) is 0 Å². The zero-order valence-electron chi connectivity index (χ0n) is 8.32. The molecule has 0 radical (unpaired) electrons. The van der Waals surface area contributed by atoms with E-state index in [-0.39, 0.29) is 0 Å². The Morgan fingerprint density at radius 1 is 1.50 bits per heavy atom. The van der Waals surface area contributed by atoms with E-state index < -0.39 is 0 Å². The SMILES string of the molecule is CCOc1ccc(C)cc1/C(S)=C/S. The summed E-state index contributed by atoms with van der Waals surface area (Å²) in [4.78, 5) is 0.820. The third kappa shape index (κ3) is 2.72. The highest BCUT2D eigenvalue weighted by molar-refractivity contribution is 7.92. The number of hydrogen-bond donors (Lipinski definition) is 2. The summed E-state index contributed by atoms with van der Waals surface area (Å²) in [5.74, 6) is 0.855. The summed E-state index contributed by atoms with van der Waals surface area (Å²) < 4.78 is 5.49. The highest BCUT2D eigenvalue weighted by Gasteiger charge is 2.05. The Labute approximate surface area is 96.0 Å². The lowest BCUT2D eigenvalue weighted by atomic mass is 10.1. The molecule has 1 aromatic rings. The fourth-order valence-corrected chi connectivity index (χ4v) is 1.51. The molecule has 0 amide bonds. The highest BCUT2D eigenvalue weighted by Crippen LogP contribution is 2.29. The first-order valence-electron chi connectivity index (χ1n) is 4.46. The first kappa shape index (κ1) is 11.5. The van der Waals surface area contributed by atoms with E-state index in [2.05, 4.69) is 25.3 Å². The summed E-state index contributed by atoms with van der Waals surface area (Å²) in [5.41, 5.74) is 2.18. The first-order chi connectivity index (χ1) is 6.69. The van der Waals surface area contributed by atoms with Gasteiger partial charge in [0.05, 0.1) is 6.61 Å². The zero-order valence-corrected chi connectivity index (χ0v) is 10.1. The lowest BCUT2D eigenvalue weighted by molar-refractivity contribution is 0.339. The number of benzene rings is 1. The molecule has 0 saturated heterocycles. The van der Waals surface area contributed by atoms with Crippen molar-refractivity contribution < 1.29 is 4.74 Å². The van der Waals surface area contributed by atoms with Gasteiger partial charge in [-0.05, 0) is 31.4 Å². The topological polar surface area (TPSA) is 9.23 Å². The van der Waals surface area contributed by atoms with Gasteiger partial charge in [0.15, 0.2) is 0 Å². The molecule has 0 aliphatic rings. The molecule has 0 aliphatic heterocycles. The molecule has 1 nitrogen and oxygen atoms in total. The van der Waals surface area contributed by atoms with Gasteiger partial charge in [-0.25, -0.2) is 0 Å². The van der Waals surface area contributed by atoms with Gasteiger partial charge < -0.3 is 4.74 Å². The maximum Gasteiger partial charge on any atom is 0.127 e. The van der Waals surface area contributed by atoms with E-state index >= 15 is 0 Å². The Balaban J connectivity index is 3.15. The van der Waals surface area contributed by atoms with Crippen LogP contribution in [-0.2, 0) is 0 Å². The molecule has 0 atom stereocenters. The normalized spacial score (nSPS) is 11.6. The van der Waals surface area contributed by atoms with E-state index in [0.29, 0.717) is 6.61 Å². The molecule has 1 rings (SSSR count). The predicted octanol–water partition coefficient (Wildman–Crippen LogP) is 3.55. The lowest BCUT2D eigenvalue weighted by Gasteiger charge is -2.10. The third-order valence-electron chi connectivity index (χ3n) is 1.83. The van der Waals surface area contributed by atoms with Gasteiger partial charge in [0.1, 0.15) is 5.75 Å². The number of rotatable bonds is 3. The van der Waals surface area contributed by atoms with E-state index in [9.17, 15) is 0 Å². The molecule has 0 N–H and O–H groups in total. The molecule has 0 heterocycles. The van der Waals surface area contributed by atoms with Gasteiger partial charge in [-0.1, -0.05) is 11.6 Å². The fourth-order valence-electron chi connectivity index (χ4n) is 1.19. The van der Waals surface area contributed by atoms with Gasteiger partial charge in [-0.2, -0.15) is 12.6 Å².